The van der Waals surface area contributed by atoms with Gasteiger partial charge in [0, 0.05) is 41.8 Å². The average molecular weight is 397 g/mol. The molecule has 0 unspecified atom stereocenters. The molecule has 0 amide bonds. The molecule has 0 atom stereocenters. The maximum Gasteiger partial charge on any atom is 0.221 e. The summed E-state index contributed by atoms with van der Waals surface area (Å²) in [5, 5.41) is 4.73. The Kier molecular flexibility index (Phi) is 4.55. The van der Waals surface area contributed by atoms with E-state index in [1.807, 2.05) is 6.07 Å². The number of nitrogens with zero attached hydrogens (tertiary/aromatic N) is 3. The van der Waals surface area contributed by atoms with Gasteiger partial charge in [0.1, 0.15) is 5.82 Å². The monoisotopic (exact) mass is 397 g/mol. The van der Waals surface area contributed by atoms with Crippen LogP contribution < -0.4 is 11.1 Å². The second kappa shape index (κ2) is 7.51. The number of imidazole rings is 1. The number of rotatable bonds is 6. The van der Waals surface area contributed by atoms with Crippen molar-refractivity contribution in [2.75, 3.05) is 17.6 Å². The summed E-state index contributed by atoms with van der Waals surface area (Å²) in [5.74, 6) is 1.05. The summed E-state index contributed by atoms with van der Waals surface area (Å²) < 4.78 is 0. The number of benzene rings is 2. The minimum atomic E-state index is 0.271. The molecular formula is C23H23N7. The molecule has 5 aromatic rings. The zero-order chi connectivity index (χ0) is 20.5. The number of aromatic nitrogens is 5. The van der Waals surface area contributed by atoms with Crippen molar-refractivity contribution >= 4 is 33.7 Å². The summed E-state index contributed by atoms with van der Waals surface area (Å²) in [7, 11) is 0. The molecule has 0 aliphatic rings. The minimum Gasteiger partial charge on any atom is -0.369 e. The molecule has 7 heteroatoms. The van der Waals surface area contributed by atoms with Crippen molar-refractivity contribution in [1.82, 2.24) is 24.9 Å². The van der Waals surface area contributed by atoms with Crippen molar-refractivity contribution < 1.29 is 0 Å². The van der Waals surface area contributed by atoms with E-state index in [0.29, 0.717) is 6.42 Å². The summed E-state index contributed by atoms with van der Waals surface area (Å²) in [5.41, 5.74) is 13.7. The normalized spacial score (nSPS) is 11.4. The predicted octanol–water partition coefficient (Wildman–Crippen LogP) is 3.97. The molecule has 0 aliphatic carbocycles. The molecule has 3 aromatic heterocycles. The maximum atomic E-state index is 5.86. The molecule has 150 valence electrons. The van der Waals surface area contributed by atoms with Crippen LogP contribution in [0.25, 0.3) is 21.9 Å². The van der Waals surface area contributed by atoms with Crippen molar-refractivity contribution in [2.24, 2.45) is 0 Å². The molecule has 2 aromatic carbocycles. The van der Waals surface area contributed by atoms with Gasteiger partial charge >= 0.3 is 0 Å². The molecule has 0 radical (unpaired) electrons. The lowest BCUT2D eigenvalue weighted by Crippen LogP contribution is -2.11. The van der Waals surface area contributed by atoms with E-state index in [9.17, 15) is 0 Å². The SMILES string of the molecule is Cc1ccc2[nH]cc(CCNc3nc(N)ncc3Cc3ccc4nc[nH]c4c3)c2c1. The topological polar surface area (TPSA) is 108 Å². The highest BCUT2D eigenvalue weighted by Gasteiger charge is 2.09. The van der Waals surface area contributed by atoms with Crippen LogP contribution >= 0.6 is 0 Å². The number of H-pyrrole nitrogens is 2. The van der Waals surface area contributed by atoms with Crippen LogP contribution in [-0.2, 0) is 12.8 Å². The largest absolute Gasteiger partial charge is 0.369 e. The van der Waals surface area contributed by atoms with Gasteiger partial charge in [-0.1, -0.05) is 17.7 Å². The number of nitrogens with one attached hydrogen (secondary N) is 3. The van der Waals surface area contributed by atoms with E-state index < -0.39 is 0 Å². The maximum absolute atomic E-state index is 5.86. The van der Waals surface area contributed by atoms with Gasteiger partial charge in [0.25, 0.3) is 0 Å². The second-order valence-electron chi connectivity index (χ2n) is 7.57. The Bertz CT molecular complexity index is 1330. The predicted molar refractivity (Wildman–Crippen MR) is 121 cm³/mol. The number of aryl methyl sites for hydroxylation is 1. The number of nitrogens with two attached hydrogens (primary N) is 1. The molecule has 0 saturated heterocycles. The van der Waals surface area contributed by atoms with Gasteiger partial charge in [-0.3, -0.25) is 0 Å². The van der Waals surface area contributed by atoms with Crippen LogP contribution in [0.2, 0.25) is 0 Å². The lowest BCUT2D eigenvalue weighted by atomic mass is 10.1. The van der Waals surface area contributed by atoms with Crippen molar-refractivity contribution in [1.29, 1.82) is 0 Å². The first kappa shape index (κ1) is 18.2. The highest BCUT2D eigenvalue weighted by molar-refractivity contribution is 5.84. The molecule has 7 nitrogen and oxygen atoms in total. The first-order chi connectivity index (χ1) is 14.7. The second-order valence-corrected chi connectivity index (χ2v) is 7.57. The average Bonchev–Trinajstić information content (AvgIpc) is 3.36. The fraction of sp³-hybridized carbons (Fsp3) is 0.174. The van der Waals surface area contributed by atoms with Crippen LogP contribution in [-0.4, -0.2) is 31.5 Å². The van der Waals surface area contributed by atoms with Gasteiger partial charge in [0.05, 0.1) is 17.4 Å². The zero-order valence-electron chi connectivity index (χ0n) is 16.7. The van der Waals surface area contributed by atoms with E-state index in [-0.39, 0.29) is 5.95 Å². The number of aromatic amines is 2. The first-order valence-electron chi connectivity index (χ1n) is 9.99. The van der Waals surface area contributed by atoms with E-state index >= 15 is 0 Å². The van der Waals surface area contributed by atoms with Crippen molar-refractivity contribution in [3.05, 3.63) is 77.4 Å². The van der Waals surface area contributed by atoms with Crippen molar-refractivity contribution in [3.63, 3.8) is 0 Å². The molecule has 3 heterocycles. The summed E-state index contributed by atoms with van der Waals surface area (Å²) in [6, 6.07) is 12.7. The van der Waals surface area contributed by atoms with E-state index in [2.05, 4.69) is 73.7 Å². The molecular weight excluding hydrogens is 374 g/mol. The van der Waals surface area contributed by atoms with Crippen LogP contribution in [0.5, 0.6) is 0 Å². The van der Waals surface area contributed by atoms with Gasteiger partial charge in [-0.05, 0) is 48.7 Å². The number of hydrogen-bond donors (Lipinski definition) is 4. The Morgan fingerprint density at radius 1 is 1.00 bits per heavy atom. The minimum absolute atomic E-state index is 0.271. The summed E-state index contributed by atoms with van der Waals surface area (Å²) in [6.45, 7) is 2.87. The molecule has 0 aliphatic heterocycles. The van der Waals surface area contributed by atoms with E-state index in [0.717, 1.165) is 46.5 Å². The van der Waals surface area contributed by atoms with Crippen molar-refractivity contribution in [2.45, 2.75) is 19.8 Å². The lowest BCUT2D eigenvalue weighted by Gasteiger charge is -2.11. The van der Waals surface area contributed by atoms with Crippen LogP contribution in [0, 0.1) is 6.92 Å². The smallest absolute Gasteiger partial charge is 0.221 e. The zero-order valence-corrected chi connectivity index (χ0v) is 16.7. The molecule has 0 bridgehead atoms. The third-order valence-corrected chi connectivity index (χ3v) is 5.37. The fourth-order valence-electron chi connectivity index (χ4n) is 3.83. The highest BCUT2D eigenvalue weighted by atomic mass is 15.1. The first-order valence-corrected chi connectivity index (χ1v) is 9.99. The molecule has 5 rings (SSSR count). The standard InChI is InChI=1S/C23H23N7/c1-14-2-4-19-18(8-14)16(11-26-19)6-7-25-22-17(12-27-23(24)30-22)9-15-3-5-20-21(10-15)29-13-28-20/h2-5,8,10-13,26H,6-7,9H2,1H3,(H,28,29)(H3,24,25,27,30). The Hall–Kier alpha value is -3.87. The fourth-order valence-corrected chi connectivity index (χ4v) is 3.83. The van der Waals surface area contributed by atoms with Crippen LogP contribution in [0.1, 0.15) is 22.3 Å². The lowest BCUT2D eigenvalue weighted by molar-refractivity contribution is 0.990. The van der Waals surface area contributed by atoms with Gasteiger partial charge in [-0.2, -0.15) is 4.98 Å². The highest BCUT2D eigenvalue weighted by Crippen LogP contribution is 2.22. The molecule has 0 fully saturated rings. The summed E-state index contributed by atoms with van der Waals surface area (Å²) >= 11 is 0. The molecule has 30 heavy (non-hydrogen) atoms. The molecule has 5 N–H and O–H groups in total. The third-order valence-electron chi connectivity index (χ3n) is 5.37. The number of hydrogen-bond acceptors (Lipinski definition) is 5. The van der Waals surface area contributed by atoms with Gasteiger partial charge in [-0.25, -0.2) is 9.97 Å². The Balaban J connectivity index is 1.33. The quantitative estimate of drug-likeness (QED) is 0.347. The third kappa shape index (κ3) is 3.57. The van der Waals surface area contributed by atoms with E-state index in [1.165, 1.54) is 16.5 Å². The van der Waals surface area contributed by atoms with Gasteiger partial charge < -0.3 is 21.0 Å². The van der Waals surface area contributed by atoms with E-state index in [1.54, 1.807) is 12.5 Å². The number of fused-ring (bicyclic) bond motifs is 2. The van der Waals surface area contributed by atoms with E-state index in [4.69, 9.17) is 5.73 Å². The summed E-state index contributed by atoms with van der Waals surface area (Å²) in [4.78, 5) is 19.4. The van der Waals surface area contributed by atoms with Gasteiger partial charge in [0.2, 0.25) is 5.95 Å². The van der Waals surface area contributed by atoms with Gasteiger partial charge in [0.15, 0.2) is 0 Å². The Morgan fingerprint density at radius 2 is 1.93 bits per heavy atom. The molecule has 0 saturated carbocycles. The van der Waals surface area contributed by atoms with Crippen molar-refractivity contribution in [3.8, 4) is 0 Å². The Morgan fingerprint density at radius 3 is 2.87 bits per heavy atom. The van der Waals surface area contributed by atoms with Crippen LogP contribution in [0.15, 0.2) is 55.1 Å². The number of anilines is 2. The number of nitrogen functional groups attached to an aromatic ring is 1. The van der Waals surface area contributed by atoms with Crippen LogP contribution in [0.3, 0.4) is 0 Å². The van der Waals surface area contributed by atoms with Gasteiger partial charge in [-0.15, -0.1) is 0 Å². The van der Waals surface area contributed by atoms with Crippen LogP contribution in [0.4, 0.5) is 11.8 Å². The summed E-state index contributed by atoms with van der Waals surface area (Å²) in [6.07, 6.45) is 7.19. The molecule has 0 spiro atoms. The Labute approximate surface area is 173 Å².